The second-order valence-corrected chi connectivity index (χ2v) is 6.72. The number of piperidine rings is 1. The molecule has 1 unspecified atom stereocenters. The van der Waals surface area contributed by atoms with Gasteiger partial charge in [0.1, 0.15) is 17.3 Å². The molecule has 3 heteroatoms. The Morgan fingerprint density at radius 1 is 0.917 bits per heavy atom. The van der Waals surface area contributed by atoms with E-state index in [2.05, 4.69) is 24.0 Å². The highest BCUT2D eigenvalue weighted by Crippen LogP contribution is 2.26. The van der Waals surface area contributed by atoms with Gasteiger partial charge in [-0.2, -0.15) is 0 Å². The van der Waals surface area contributed by atoms with Crippen molar-refractivity contribution in [2.24, 2.45) is 0 Å². The average Bonchev–Trinajstić information content (AvgIpc) is 2.63. The van der Waals surface area contributed by atoms with Crippen molar-refractivity contribution in [2.75, 3.05) is 19.6 Å². The predicted octanol–water partition coefficient (Wildman–Crippen LogP) is 5.60. The molecule has 24 heavy (non-hydrogen) atoms. The van der Waals surface area contributed by atoms with Gasteiger partial charge in [-0.3, -0.25) is 0 Å². The highest BCUT2D eigenvalue weighted by atomic mass is 19.1. The Morgan fingerprint density at radius 2 is 1.50 bits per heavy atom. The molecule has 0 radical (unpaired) electrons. The number of hydrogen-bond donors (Lipinski definition) is 0. The van der Waals surface area contributed by atoms with Crippen molar-refractivity contribution in [1.29, 1.82) is 0 Å². The second kappa shape index (κ2) is 8.29. The Hall–Kier alpha value is -1.87. The molecule has 0 aromatic heterocycles. The van der Waals surface area contributed by atoms with E-state index in [0.717, 1.165) is 5.75 Å². The fourth-order valence-electron chi connectivity index (χ4n) is 3.23. The second-order valence-electron chi connectivity index (χ2n) is 6.72. The SMILES string of the molecule is CC(CCN1CCCCC1)c1ccc(Oc2ccc(F)cc2)cc1. The van der Waals surface area contributed by atoms with Crippen LogP contribution in [-0.2, 0) is 0 Å². The molecule has 128 valence electrons. The van der Waals surface area contributed by atoms with Crippen LogP contribution < -0.4 is 4.74 Å². The van der Waals surface area contributed by atoms with E-state index in [1.165, 1.54) is 63.0 Å². The van der Waals surface area contributed by atoms with Crippen LogP contribution >= 0.6 is 0 Å². The van der Waals surface area contributed by atoms with Gasteiger partial charge in [0.2, 0.25) is 0 Å². The largest absolute Gasteiger partial charge is 0.457 e. The van der Waals surface area contributed by atoms with Gasteiger partial charge in [-0.25, -0.2) is 4.39 Å². The molecule has 0 spiro atoms. The maximum atomic E-state index is 12.9. The van der Waals surface area contributed by atoms with E-state index < -0.39 is 0 Å². The van der Waals surface area contributed by atoms with Crippen LogP contribution in [0, 0.1) is 5.82 Å². The van der Waals surface area contributed by atoms with E-state index in [0.29, 0.717) is 11.7 Å². The van der Waals surface area contributed by atoms with Crippen LogP contribution in [0.25, 0.3) is 0 Å². The first-order valence-electron chi connectivity index (χ1n) is 8.96. The number of nitrogens with zero attached hydrogens (tertiary/aromatic N) is 1. The number of rotatable bonds is 6. The quantitative estimate of drug-likeness (QED) is 0.685. The van der Waals surface area contributed by atoms with Crippen LogP contribution in [0.4, 0.5) is 4.39 Å². The average molecular weight is 327 g/mol. The molecule has 1 aliphatic heterocycles. The van der Waals surface area contributed by atoms with Crippen molar-refractivity contribution in [2.45, 2.75) is 38.5 Å². The third-order valence-corrected chi connectivity index (χ3v) is 4.83. The summed E-state index contributed by atoms with van der Waals surface area (Å²) < 4.78 is 18.7. The number of benzene rings is 2. The van der Waals surface area contributed by atoms with Crippen molar-refractivity contribution in [3.8, 4) is 11.5 Å². The predicted molar refractivity (Wildman–Crippen MR) is 96.2 cm³/mol. The maximum Gasteiger partial charge on any atom is 0.127 e. The number of ether oxygens (including phenoxy) is 1. The number of hydrogen-bond acceptors (Lipinski definition) is 2. The third-order valence-electron chi connectivity index (χ3n) is 4.83. The zero-order chi connectivity index (χ0) is 16.8. The topological polar surface area (TPSA) is 12.5 Å². The molecule has 2 aromatic rings. The summed E-state index contributed by atoms with van der Waals surface area (Å²) in [6, 6.07) is 14.4. The number of halogens is 1. The molecule has 1 heterocycles. The van der Waals surface area contributed by atoms with E-state index in [1.807, 2.05) is 12.1 Å². The van der Waals surface area contributed by atoms with Crippen molar-refractivity contribution < 1.29 is 9.13 Å². The summed E-state index contributed by atoms with van der Waals surface area (Å²) in [6.45, 7) is 6.00. The Bertz CT molecular complexity index is 617. The Kier molecular flexibility index (Phi) is 5.86. The molecule has 1 fully saturated rings. The monoisotopic (exact) mass is 327 g/mol. The van der Waals surface area contributed by atoms with E-state index in [1.54, 1.807) is 12.1 Å². The van der Waals surface area contributed by atoms with Gasteiger partial charge < -0.3 is 9.64 Å². The molecule has 3 rings (SSSR count). The van der Waals surface area contributed by atoms with Crippen molar-refractivity contribution in [3.63, 3.8) is 0 Å². The first-order chi connectivity index (χ1) is 11.7. The molecule has 1 saturated heterocycles. The first-order valence-corrected chi connectivity index (χ1v) is 8.96. The molecule has 0 bridgehead atoms. The molecule has 0 saturated carbocycles. The molecule has 1 atom stereocenters. The van der Waals surface area contributed by atoms with Crippen molar-refractivity contribution >= 4 is 0 Å². The summed E-state index contributed by atoms with van der Waals surface area (Å²) in [5, 5.41) is 0. The third kappa shape index (κ3) is 4.81. The van der Waals surface area contributed by atoms with Gasteiger partial charge in [0, 0.05) is 0 Å². The minimum absolute atomic E-state index is 0.250. The number of likely N-dealkylation sites (tertiary alicyclic amines) is 1. The zero-order valence-electron chi connectivity index (χ0n) is 14.4. The minimum Gasteiger partial charge on any atom is -0.457 e. The van der Waals surface area contributed by atoms with E-state index >= 15 is 0 Å². The zero-order valence-corrected chi connectivity index (χ0v) is 14.4. The smallest absolute Gasteiger partial charge is 0.127 e. The van der Waals surface area contributed by atoms with E-state index in [4.69, 9.17) is 4.74 Å². The van der Waals surface area contributed by atoms with Gasteiger partial charge in [-0.1, -0.05) is 25.5 Å². The summed E-state index contributed by atoms with van der Waals surface area (Å²) in [5.41, 5.74) is 1.35. The first kappa shape index (κ1) is 17.0. The van der Waals surface area contributed by atoms with E-state index in [-0.39, 0.29) is 5.82 Å². The fraction of sp³-hybridized carbons (Fsp3) is 0.429. The normalized spacial score (nSPS) is 16.8. The van der Waals surface area contributed by atoms with Crippen LogP contribution in [0.3, 0.4) is 0 Å². The standard InChI is InChI=1S/C21H26FNO/c1-17(13-16-23-14-3-2-4-15-23)18-5-9-20(10-6-18)24-21-11-7-19(22)8-12-21/h5-12,17H,2-4,13-16H2,1H3. The van der Waals surface area contributed by atoms with Gasteiger partial charge in [0.05, 0.1) is 0 Å². The van der Waals surface area contributed by atoms with Gasteiger partial charge in [-0.05, 0) is 86.8 Å². The molecule has 2 aromatic carbocycles. The van der Waals surface area contributed by atoms with Crippen molar-refractivity contribution in [1.82, 2.24) is 4.90 Å². The Labute approximate surface area is 144 Å². The van der Waals surface area contributed by atoms with Crippen molar-refractivity contribution in [3.05, 3.63) is 59.9 Å². The highest BCUT2D eigenvalue weighted by Gasteiger charge is 2.12. The van der Waals surface area contributed by atoms with Gasteiger partial charge in [-0.15, -0.1) is 0 Å². The van der Waals surface area contributed by atoms with E-state index in [9.17, 15) is 4.39 Å². The molecule has 2 nitrogen and oxygen atoms in total. The Balaban J connectivity index is 1.52. The van der Waals surface area contributed by atoms with Crippen LogP contribution in [0.5, 0.6) is 11.5 Å². The molecule has 1 aliphatic rings. The lowest BCUT2D eigenvalue weighted by atomic mass is 9.97. The molecular formula is C21H26FNO. The van der Waals surface area contributed by atoms with Crippen LogP contribution in [0.15, 0.2) is 48.5 Å². The lowest BCUT2D eigenvalue weighted by Gasteiger charge is -2.27. The Morgan fingerprint density at radius 3 is 2.12 bits per heavy atom. The van der Waals surface area contributed by atoms with Crippen LogP contribution in [0.1, 0.15) is 44.1 Å². The summed E-state index contributed by atoms with van der Waals surface area (Å²) in [6.07, 6.45) is 5.29. The minimum atomic E-state index is -0.250. The molecule has 0 amide bonds. The van der Waals surface area contributed by atoms with Gasteiger partial charge >= 0.3 is 0 Å². The van der Waals surface area contributed by atoms with Crippen LogP contribution in [-0.4, -0.2) is 24.5 Å². The fourth-order valence-corrected chi connectivity index (χ4v) is 3.23. The summed E-state index contributed by atoms with van der Waals surface area (Å²) in [4.78, 5) is 2.59. The van der Waals surface area contributed by atoms with Gasteiger partial charge in [0.25, 0.3) is 0 Å². The summed E-state index contributed by atoms with van der Waals surface area (Å²) in [7, 11) is 0. The molecule has 0 aliphatic carbocycles. The van der Waals surface area contributed by atoms with Gasteiger partial charge in [0.15, 0.2) is 0 Å². The van der Waals surface area contributed by atoms with Crippen LogP contribution in [0.2, 0.25) is 0 Å². The lowest BCUT2D eigenvalue weighted by Crippen LogP contribution is -2.31. The molecule has 0 N–H and O–H groups in total. The summed E-state index contributed by atoms with van der Waals surface area (Å²) >= 11 is 0. The highest BCUT2D eigenvalue weighted by molar-refractivity contribution is 5.34. The molecular weight excluding hydrogens is 301 g/mol. The maximum absolute atomic E-state index is 12.9. The summed E-state index contributed by atoms with van der Waals surface area (Å²) in [5.74, 6) is 1.74. The lowest BCUT2D eigenvalue weighted by molar-refractivity contribution is 0.222.